The summed E-state index contributed by atoms with van der Waals surface area (Å²) in [7, 11) is 0. The van der Waals surface area contributed by atoms with Gasteiger partial charge in [-0.25, -0.2) is 13.8 Å². The molecule has 0 unspecified atom stereocenters. The van der Waals surface area contributed by atoms with Crippen LogP contribution < -0.4 is 10.6 Å². The second-order valence-corrected chi connectivity index (χ2v) is 6.19. The van der Waals surface area contributed by atoms with Crippen LogP contribution in [-0.4, -0.2) is 17.4 Å². The molecule has 3 aromatic rings. The molecule has 7 heteroatoms. The summed E-state index contributed by atoms with van der Waals surface area (Å²) in [6.07, 6.45) is 1.82. The predicted octanol–water partition coefficient (Wildman–Crippen LogP) is 4.73. The maximum absolute atomic E-state index is 13.5. The van der Waals surface area contributed by atoms with Crippen LogP contribution in [0.2, 0.25) is 5.02 Å². The SMILES string of the molecule is O=C(NCCc1ccccc1F)c1ccc(Nc2ccc(F)c(Cl)c2)nc1. The molecular weight excluding hydrogens is 372 g/mol. The number of amides is 1. The lowest BCUT2D eigenvalue weighted by Gasteiger charge is -2.08. The number of nitrogens with zero attached hydrogens (tertiary/aromatic N) is 1. The van der Waals surface area contributed by atoms with Gasteiger partial charge in [0.25, 0.3) is 5.91 Å². The average molecular weight is 388 g/mol. The predicted molar refractivity (Wildman–Crippen MR) is 101 cm³/mol. The standard InChI is InChI=1S/C20H16ClF2N3O/c21-16-11-15(6-7-18(16)23)26-19-8-5-14(12-25-19)20(27)24-10-9-13-3-1-2-4-17(13)22/h1-8,11-12H,9-10H2,(H,24,27)(H,25,26). The summed E-state index contributed by atoms with van der Waals surface area (Å²) in [6.45, 7) is 0.313. The first kappa shape index (κ1) is 18.8. The fourth-order valence-electron chi connectivity index (χ4n) is 2.44. The van der Waals surface area contributed by atoms with E-state index >= 15 is 0 Å². The quantitative estimate of drug-likeness (QED) is 0.643. The van der Waals surface area contributed by atoms with Gasteiger partial charge in [0.2, 0.25) is 0 Å². The van der Waals surface area contributed by atoms with Gasteiger partial charge in [-0.15, -0.1) is 0 Å². The van der Waals surface area contributed by atoms with E-state index in [4.69, 9.17) is 11.6 Å². The van der Waals surface area contributed by atoms with E-state index in [-0.39, 0.29) is 16.7 Å². The number of nitrogens with one attached hydrogen (secondary N) is 2. The van der Waals surface area contributed by atoms with Crippen LogP contribution in [0.5, 0.6) is 0 Å². The Kier molecular flexibility index (Phi) is 5.98. The number of anilines is 2. The topological polar surface area (TPSA) is 54.0 Å². The lowest BCUT2D eigenvalue weighted by molar-refractivity contribution is 0.0953. The van der Waals surface area contributed by atoms with Gasteiger partial charge in [0.05, 0.1) is 10.6 Å². The highest BCUT2D eigenvalue weighted by Crippen LogP contribution is 2.22. The number of halogens is 3. The van der Waals surface area contributed by atoms with Crippen molar-refractivity contribution in [2.24, 2.45) is 0 Å². The number of hydrogen-bond donors (Lipinski definition) is 2. The summed E-state index contributed by atoms with van der Waals surface area (Å²) < 4.78 is 26.7. The molecule has 1 aromatic heterocycles. The fourth-order valence-corrected chi connectivity index (χ4v) is 2.62. The van der Waals surface area contributed by atoms with Crippen molar-refractivity contribution in [2.75, 3.05) is 11.9 Å². The van der Waals surface area contributed by atoms with Crippen LogP contribution in [0.1, 0.15) is 15.9 Å². The molecule has 0 radical (unpaired) electrons. The monoisotopic (exact) mass is 387 g/mol. The summed E-state index contributed by atoms with van der Waals surface area (Å²) in [6, 6.07) is 13.9. The van der Waals surface area contributed by atoms with E-state index < -0.39 is 5.82 Å². The van der Waals surface area contributed by atoms with Crippen molar-refractivity contribution in [2.45, 2.75) is 6.42 Å². The van der Waals surface area contributed by atoms with Crippen molar-refractivity contribution < 1.29 is 13.6 Å². The molecule has 4 nitrogen and oxygen atoms in total. The Balaban J connectivity index is 1.55. The normalized spacial score (nSPS) is 10.5. The minimum absolute atomic E-state index is 0.00542. The Morgan fingerprint density at radius 3 is 2.56 bits per heavy atom. The first-order valence-electron chi connectivity index (χ1n) is 8.22. The average Bonchev–Trinajstić information content (AvgIpc) is 2.67. The Morgan fingerprint density at radius 2 is 1.85 bits per heavy atom. The van der Waals surface area contributed by atoms with Crippen LogP contribution in [-0.2, 0) is 6.42 Å². The summed E-state index contributed by atoms with van der Waals surface area (Å²) >= 11 is 5.74. The molecule has 0 saturated carbocycles. The van der Waals surface area contributed by atoms with Gasteiger partial charge >= 0.3 is 0 Å². The molecule has 2 N–H and O–H groups in total. The Bertz CT molecular complexity index is 948. The van der Waals surface area contributed by atoms with Crippen molar-refractivity contribution in [3.05, 3.63) is 88.6 Å². The van der Waals surface area contributed by atoms with E-state index in [0.717, 1.165) is 0 Å². The van der Waals surface area contributed by atoms with Crippen molar-refractivity contribution in [1.29, 1.82) is 0 Å². The van der Waals surface area contributed by atoms with Crippen LogP contribution in [0.15, 0.2) is 60.8 Å². The Hall–Kier alpha value is -2.99. The van der Waals surface area contributed by atoms with Gasteiger partial charge in [-0.1, -0.05) is 29.8 Å². The summed E-state index contributed by atoms with van der Waals surface area (Å²) in [5.74, 6) is -0.599. The van der Waals surface area contributed by atoms with Crippen molar-refractivity contribution in [1.82, 2.24) is 10.3 Å². The van der Waals surface area contributed by atoms with Crippen molar-refractivity contribution in [3.8, 4) is 0 Å². The van der Waals surface area contributed by atoms with Gasteiger partial charge < -0.3 is 10.6 Å². The van der Waals surface area contributed by atoms with Gasteiger partial charge in [0.15, 0.2) is 0 Å². The minimum Gasteiger partial charge on any atom is -0.352 e. The van der Waals surface area contributed by atoms with Crippen LogP contribution in [0.3, 0.4) is 0 Å². The molecule has 0 aliphatic rings. The molecule has 0 saturated heterocycles. The van der Waals surface area contributed by atoms with Crippen molar-refractivity contribution >= 4 is 29.0 Å². The number of carbonyl (C=O) groups excluding carboxylic acids is 1. The maximum Gasteiger partial charge on any atom is 0.252 e. The highest BCUT2D eigenvalue weighted by Gasteiger charge is 2.08. The fraction of sp³-hybridized carbons (Fsp3) is 0.100. The van der Waals surface area contributed by atoms with E-state index in [0.29, 0.717) is 35.6 Å². The second kappa shape index (κ2) is 8.60. The first-order valence-corrected chi connectivity index (χ1v) is 8.60. The number of benzene rings is 2. The zero-order valence-electron chi connectivity index (χ0n) is 14.2. The number of carbonyl (C=O) groups is 1. The van der Waals surface area contributed by atoms with Gasteiger partial charge in [-0.2, -0.15) is 0 Å². The molecule has 1 heterocycles. The molecule has 0 spiro atoms. The minimum atomic E-state index is -0.502. The second-order valence-electron chi connectivity index (χ2n) is 5.78. The lowest BCUT2D eigenvalue weighted by atomic mass is 10.1. The van der Waals surface area contributed by atoms with E-state index in [1.165, 1.54) is 30.5 Å². The number of rotatable bonds is 6. The Labute approximate surface area is 160 Å². The Morgan fingerprint density at radius 1 is 1.04 bits per heavy atom. The van der Waals surface area contributed by atoms with Gasteiger partial charge in [0.1, 0.15) is 17.5 Å². The van der Waals surface area contributed by atoms with E-state index in [9.17, 15) is 13.6 Å². The van der Waals surface area contributed by atoms with Gasteiger partial charge in [0, 0.05) is 18.4 Å². The number of aromatic nitrogens is 1. The molecule has 0 aliphatic heterocycles. The largest absolute Gasteiger partial charge is 0.352 e. The molecule has 3 rings (SSSR count). The molecule has 1 amide bonds. The highest BCUT2D eigenvalue weighted by molar-refractivity contribution is 6.31. The first-order chi connectivity index (χ1) is 13.0. The van der Waals surface area contributed by atoms with Crippen LogP contribution >= 0.6 is 11.6 Å². The van der Waals surface area contributed by atoms with Crippen LogP contribution in [0.4, 0.5) is 20.3 Å². The van der Waals surface area contributed by atoms with Crippen LogP contribution in [0.25, 0.3) is 0 Å². The molecule has 0 bridgehead atoms. The molecule has 0 aliphatic carbocycles. The third-order valence-corrected chi connectivity index (χ3v) is 4.15. The van der Waals surface area contributed by atoms with E-state index in [1.807, 2.05) is 0 Å². The maximum atomic E-state index is 13.5. The zero-order valence-corrected chi connectivity index (χ0v) is 14.9. The van der Waals surface area contributed by atoms with Gasteiger partial charge in [-0.3, -0.25) is 4.79 Å². The molecule has 138 valence electrons. The number of hydrogen-bond acceptors (Lipinski definition) is 3. The molecule has 2 aromatic carbocycles. The van der Waals surface area contributed by atoms with E-state index in [2.05, 4.69) is 15.6 Å². The van der Waals surface area contributed by atoms with E-state index in [1.54, 1.807) is 30.3 Å². The third kappa shape index (κ3) is 5.01. The zero-order chi connectivity index (χ0) is 19.2. The van der Waals surface area contributed by atoms with Gasteiger partial charge in [-0.05, 0) is 48.4 Å². The molecule has 0 fully saturated rings. The van der Waals surface area contributed by atoms with Crippen LogP contribution in [0, 0.1) is 11.6 Å². The molecular formula is C20H16ClF2N3O. The summed E-state index contributed by atoms with van der Waals surface area (Å²) in [5, 5.41) is 5.71. The molecule has 0 atom stereocenters. The smallest absolute Gasteiger partial charge is 0.252 e. The third-order valence-electron chi connectivity index (χ3n) is 3.86. The van der Waals surface area contributed by atoms with Crippen molar-refractivity contribution in [3.63, 3.8) is 0 Å². The lowest BCUT2D eigenvalue weighted by Crippen LogP contribution is -2.26. The summed E-state index contributed by atoms with van der Waals surface area (Å²) in [5.41, 5.74) is 1.51. The number of pyridine rings is 1. The molecule has 27 heavy (non-hydrogen) atoms. The summed E-state index contributed by atoms with van der Waals surface area (Å²) in [4.78, 5) is 16.3. The highest BCUT2D eigenvalue weighted by atomic mass is 35.5.